The highest BCUT2D eigenvalue weighted by Gasteiger charge is 2.24. The normalized spacial score (nSPS) is 18.5. The minimum Gasteiger partial charge on any atom is -0.389 e. The zero-order valence-electron chi connectivity index (χ0n) is 15.0. The van der Waals surface area contributed by atoms with Gasteiger partial charge in [0.1, 0.15) is 5.69 Å². The Balaban J connectivity index is 1.30. The zero-order valence-corrected chi connectivity index (χ0v) is 15.0. The minimum absolute atomic E-state index is 0.184. The molecule has 2 aliphatic rings. The van der Waals surface area contributed by atoms with Gasteiger partial charge in [0.15, 0.2) is 5.69 Å². The van der Waals surface area contributed by atoms with Crippen LogP contribution in [0.4, 0.5) is 5.69 Å². The molecule has 2 amide bonds. The van der Waals surface area contributed by atoms with E-state index in [1.54, 1.807) is 0 Å². The van der Waals surface area contributed by atoms with Gasteiger partial charge < -0.3 is 20.6 Å². The fraction of sp³-hybridized carbons (Fsp3) is 0.421. The van der Waals surface area contributed by atoms with E-state index in [0.29, 0.717) is 12.2 Å². The molecule has 142 valence electrons. The third-order valence-corrected chi connectivity index (χ3v) is 5.00. The van der Waals surface area contributed by atoms with Crippen LogP contribution in [0.25, 0.3) is 0 Å². The number of hydrogen-bond acceptors (Lipinski definition) is 5. The van der Waals surface area contributed by atoms with E-state index in [4.69, 9.17) is 0 Å². The number of hydrogen-bond donors (Lipinski definition) is 3. The van der Waals surface area contributed by atoms with Gasteiger partial charge in [0.2, 0.25) is 0 Å². The lowest BCUT2D eigenvalue weighted by molar-refractivity contribution is 0.0931. The molecule has 2 aliphatic heterocycles. The summed E-state index contributed by atoms with van der Waals surface area (Å²) in [6.45, 7) is 2.80. The number of nitrogens with one attached hydrogen (secondary N) is 2. The highest BCUT2D eigenvalue weighted by atomic mass is 16.3. The third-order valence-electron chi connectivity index (χ3n) is 5.00. The van der Waals surface area contributed by atoms with Gasteiger partial charge in [0.25, 0.3) is 11.8 Å². The van der Waals surface area contributed by atoms with E-state index >= 15 is 0 Å². The van der Waals surface area contributed by atoms with Gasteiger partial charge in [-0.1, -0.05) is 18.2 Å². The number of aromatic nitrogens is 2. The Morgan fingerprint density at radius 2 is 2.22 bits per heavy atom. The number of nitrogens with zero attached hydrogens (tertiary/aromatic N) is 3. The van der Waals surface area contributed by atoms with Crippen molar-refractivity contribution in [2.45, 2.75) is 25.5 Å². The summed E-state index contributed by atoms with van der Waals surface area (Å²) in [5, 5.41) is 19.4. The van der Waals surface area contributed by atoms with Crippen LogP contribution in [-0.4, -0.2) is 59.0 Å². The number of benzene rings is 1. The van der Waals surface area contributed by atoms with Crippen LogP contribution in [-0.2, 0) is 13.0 Å². The monoisotopic (exact) mass is 369 g/mol. The molecule has 1 aromatic carbocycles. The van der Waals surface area contributed by atoms with Crippen LogP contribution in [0.5, 0.6) is 0 Å². The lowest BCUT2D eigenvalue weighted by Gasteiger charge is -2.19. The Morgan fingerprint density at radius 3 is 3.11 bits per heavy atom. The SMILES string of the molecule is O=C(NCCCN1CCc2ccccc21)c1cc2n(n1)CC(O)CNC2=O. The Kier molecular flexibility index (Phi) is 4.81. The first-order chi connectivity index (χ1) is 13.1. The van der Waals surface area contributed by atoms with Crippen molar-refractivity contribution in [1.29, 1.82) is 0 Å². The fourth-order valence-electron chi connectivity index (χ4n) is 3.62. The topological polar surface area (TPSA) is 99.5 Å². The van der Waals surface area contributed by atoms with Gasteiger partial charge in [-0.05, 0) is 24.5 Å². The molecular formula is C19H23N5O3. The second-order valence-corrected chi connectivity index (χ2v) is 6.94. The van der Waals surface area contributed by atoms with E-state index in [9.17, 15) is 14.7 Å². The Bertz CT molecular complexity index is 863. The first-order valence-corrected chi connectivity index (χ1v) is 9.27. The summed E-state index contributed by atoms with van der Waals surface area (Å²) in [5.41, 5.74) is 3.15. The van der Waals surface area contributed by atoms with Gasteiger partial charge >= 0.3 is 0 Å². The summed E-state index contributed by atoms with van der Waals surface area (Å²) in [5.74, 6) is -0.634. The number of carbonyl (C=O) groups is 2. The highest BCUT2D eigenvalue weighted by molar-refractivity contribution is 5.98. The van der Waals surface area contributed by atoms with Crippen LogP contribution in [0.2, 0.25) is 0 Å². The lowest BCUT2D eigenvalue weighted by atomic mass is 10.2. The average Bonchev–Trinajstić information content (AvgIpc) is 3.24. The number of rotatable bonds is 5. The number of aliphatic hydroxyl groups excluding tert-OH is 1. The molecule has 0 fully saturated rings. The van der Waals surface area contributed by atoms with Crippen LogP contribution >= 0.6 is 0 Å². The Labute approximate surface area is 157 Å². The highest BCUT2D eigenvalue weighted by Crippen LogP contribution is 2.27. The molecule has 3 heterocycles. The first-order valence-electron chi connectivity index (χ1n) is 9.27. The van der Waals surface area contributed by atoms with Crippen molar-refractivity contribution in [2.75, 3.05) is 31.1 Å². The average molecular weight is 369 g/mol. The van der Waals surface area contributed by atoms with E-state index in [2.05, 4.69) is 44.9 Å². The van der Waals surface area contributed by atoms with E-state index in [0.717, 1.165) is 25.9 Å². The molecule has 1 aromatic heterocycles. The van der Waals surface area contributed by atoms with Gasteiger partial charge in [0.05, 0.1) is 12.6 Å². The fourth-order valence-corrected chi connectivity index (χ4v) is 3.62. The van der Waals surface area contributed by atoms with Crippen molar-refractivity contribution < 1.29 is 14.7 Å². The molecule has 8 nitrogen and oxygen atoms in total. The van der Waals surface area contributed by atoms with Crippen molar-refractivity contribution in [3.05, 3.63) is 47.3 Å². The quantitative estimate of drug-likeness (QED) is 0.653. The number of fused-ring (bicyclic) bond motifs is 2. The second-order valence-electron chi connectivity index (χ2n) is 6.94. The molecule has 1 unspecified atom stereocenters. The molecule has 0 aliphatic carbocycles. The van der Waals surface area contributed by atoms with E-state index in [-0.39, 0.29) is 30.6 Å². The van der Waals surface area contributed by atoms with Crippen LogP contribution in [0, 0.1) is 0 Å². The van der Waals surface area contributed by atoms with Gasteiger partial charge in [-0.15, -0.1) is 0 Å². The maximum absolute atomic E-state index is 12.3. The predicted molar refractivity (Wildman–Crippen MR) is 99.9 cm³/mol. The molecule has 3 N–H and O–H groups in total. The number of anilines is 1. The predicted octanol–water partition coefficient (Wildman–Crippen LogP) is 0.170. The smallest absolute Gasteiger partial charge is 0.271 e. The summed E-state index contributed by atoms with van der Waals surface area (Å²) in [6, 6.07) is 9.88. The molecule has 27 heavy (non-hydrogen) atoms. The molecular weight excluding hydrogens is 346 g/mol. The number of β-amino-alcohol motifs (C(OH)–C–C–N with tert-alkyl or cyclic N) is 1. The summed E-state index contributed by atoms with van der Waals surface area (Å²) >= 11 is 0. The zero-order chi connectivity index (χ0) is 18.8. The number of para-hydroxylation sites is 1. The molecule has 0 radical (unpaired) electrons. The number of amides is 2. The van der Waals surface area contributed by atoms with Crippen molar-refractivity contribution in [3.8, 4) is 0 Å². The maximum Gasteiger partial charge on any atom is 0.271 e. The molecule has 0 bridgehead atoms. The molecule has 0 saturated carbocycles. The van der Waals surface area contributed by atoms with E-state index < -0.39 is 6.10 Å². The molecule has 8 heteroatoms. The largest absolute Gasteiger partial charge is 0.389 e. The lowest BCUT2D eigenvalue weighted by Crippen LogP contribution is -2.30. The van der Waals surface area contributed by atoms with Crippen molar-refractivity contribution in [1.82, 2.24) is 20.4 Å². The second kappa shape index (κ2) is 7.40. The summed E-state index contributed by atoms with van der Waals surface area (Å²) < 4.78 is 1.39. The number of carbonyl (C=O) groups excluding carboxylic acids is 2. The van der Waals surface area contributed by atoms with Crippen LogP contribution < -0.4 is 15.5 Å². The van der Waals surface area contributed by atoms with Gasteiger partial charge in [-0.3, -0.25) is 14.3 Å². The third kappa shape index (κ3) is 3.66. The summed E-state index contributed by atoms with van der Waals surface area (Å²) in [6.07, 6.45) is 1.18. The van der Waals surface area contributed by atoms with Gasteiger partial charge in [-0.25, -0.2) is 0 Å². The minimum atomic E-state index is -0.714. The Hall–Kier alpha value is -2.87. The first kappa shape index (κ1) is 17.5. The van der Waals surface area contributed by atoms with Crippen molar-refractivity contribution in [2.24, 2.45) is 0 Å². The van der Waals surface area contributed by atoms with Crippen LogP contribution in [0.15, 0.2) is 30.3 Å². The molecule has 1 atom stereocenters. The summed E-state index contributed by atoms with van der Waals surface area (Å²) in [7, 11) is 0. The molecule has 0 saturated heterocycles. The molecule has 4 rings (SSSR count). The molecule has 2 aromatic rings. The summed E-state index contributed by atoms with van der Waals surface area (Å²) in [4.78, 5) is 26.7. The molecule has 0 spiro atoms. The van der Waals surface area contributed by atoms with E-state index in [1.807, 2.05) is 0 Å². The van der Waals surface area contributed by atoms with Crippen LogP contribution in [0.1, 0.15) is 33.0 Å². The number of aliphatic hydroxyl groups is 1. The maximum atomic E-state index is 12.3. The Morgan fingerprint density at radius 1 is 1.37 bits per heavy atom. The van der Waals surface area contributed by atoms with E-state index in [1.165, 1.54) is 22.0 Å². The van der Waals surface area contributed by atoms with Gasteiger partial charge in [-0.2, -0.15) is 5.10 Å². The van der Waals surface area contributed by atoms with Gasteiger partial charge in [0, 0.05) is 37.9 Å². The standard InChI is InChI=1S/C19H23N5O3/c25-14-11-21-19(27)17-10-15(22-24(17)12-14)18(26)20-7-3-8-23-9-6-13-4-1-2-5-16(13)23/h1-2,4-5,10,14,25H,3,6-9,11-12H2,(H,20,26)(H,21,27). The van der Waals surface area contributed by atoms with Crippen LogP contribution in [0.3, 0.4) is 0 Å². The van der Waals surface area contributed by atoms with Crippen molar-refractivity contribution >= 4 is 17.5 Å². The van der Waals surface area contributed by atoms with Crippen molar-refractivity contribution in [3.63, 3.8) is 0 Å².